The van der Waals surface area contributed by atoms with Gasteiger partial charge in [0.1, 0.15) is 0 Å². The number of aromatic nitrogens is 1. The van der Waals surface area contributed by atoms with Gasteiger partial charge in [0.05, 0.1) is 11.3 Å². The Morgan fingerprint density at radius 2 is 1.78 bits per heavy atom. The Kier molecular flexibility index (Phi) is 2.98. The first-order chi connectivity index (χ1) is 10.8. The first-order valence-corrected chi connectivity index (χ1v) is 7.82. The van der Waals surface area contributed by atoms with Crippen LogP contribution < -0.4 is 0 Å². The van der Waals surface area contributed by atoms with Crippen molar-refractivity contribution in [3.05, 3.63) is 41.0 Å². The van der Waals surface area contributed by atoms with E-state index in [0.717, 1.165) is 29.5 Å². The molecule has 2 N–H and O–H groups in total. The van der Waals surface area contributed by atoms with Crippen molar-refractivity contribution in [2.24, 2.45) is 0 Å². The van der Waals surface area contributed by atoms with Gasteiger partial charge in [-0.2, -0.15) is 25.8 Å². The van der Waals surface area contributed by atoms with Gasteiger partial charge in [-0.3, -0.25) is 4.57 Å². The second kappa shape index (κ2) is 4.63. The van der Waals surface area contributed by atoms with Gasteiger partial charge in [-0.25, -0.2) is 0 Å². The minimum atomic E-state index is -4.48. The number of benzene rings is 1. The maximum Gasteiger partial charge on any atom is 0.416 e. The molecular formula is C16H14F3NO2S. The van der Waals surface area contributed by atoms with Gasteiger partial charge in [-0.15, -0.1) is 0 Å². The van der Waals surface area contributed by atoms with Crippen LogP contribution in [0.15, 0.2) is 24.3 Å². The molecule has 1 saturated carbocycles. The fraction of sp³-hybridized carbons (Fsp3) is 0.375. The topological polar surface area (TPSA) is 45.4 Å². The van der Waals surface area contributed by atoms with Crippen LogP contribution in [0.5, 0.6) is 11.8 Å². The van der Waals surface area contributed by atoms with Gasteiger partial charge in [0, 0.05) is 22.3 Å². The molecule has 23 heavy (non-hydrogen) atoms. The van der Waals surface area contributed by atoms with Crippen molar-refractivity contribution < 1.29 is 23.4 Å². The average molecular weight is 341 g/mol. The summed E-state index contributed by atoms with van der Waals surface area (Å²) in [5.41, 5.74) is 0.573. The molecule has 0 aliphatic heterocycles. The van der Waals surface area contributed by atoms with E-state index in [9.17, 15) is 23.4 Å². The predicted octanol–water partition coefficient (Wildman–Crippen LogP) is 4.18. The van der Waals surface area contributed by atoms with E-state index < -0.39 is 11.7 Å². The summed E-state index contributed by atoms with van der Waals surface area (Å²) in [4.78, 5) is 0. The van der Waals surface area contributed by atoms with E-state index in [0.29, 0.717) is 11.1 Å². The van der Waals surface area contributed by atoms with Crippen molar-refractivity contribution in [1.82, 2.24) is 4.57 Å². The minimum absolute atomic E-state index is 0.0382. The van der Waals surface area contributed by atoms with E-state index in [2.05, 4.69) is 12.6 Å². The van der Waals surface area contributed by atoms with E-state index in [1.807, 2.05) is 0 Å². The van der Waals surface area contributed by atoms with Gasteiger partial charge >= 0.3 is 6.18 Å². The lowest BCUT2D eigenvalue weighted by molar-refractivity contribution is -0.137. The zero-order valence-corrected chi connectivity index (χ0v) is 12.8. The summed E-state index contributed by atoms with van der Waals surface area (Å²) in [7, 11) is 0. The molecule has 0 spiro atoms. The van der Waals surface area contributed by atoms with Crippen LogP contribution in [0, 0.1) is 0 Å². The van der Waals surface area contributed by atoms with Crippen LogP contribution in [-0.2, 0) is 6.18 Å². The monoisotopic (exact) mass is 341 g/mol. The summed E-state index contributed by atoms with van der Waals surface area (Å²) in [5, 5.41) is 21.1. The molecule has 0 unspecified atom stereocenters. The number of halogens is 3. The Balaban J connectivity index is 1.88. The van der Waals surface area contributed by atoms with E-state index in [1.54, 1.807) is 0 Å². The normalized spacial score (nSPS) is 25.8. The van der Waals surface area contributed by atoms with Crippen LogP contribution in [0.25, 0.3) is 5.69 Å². The van der Waals surface area contributed by atoms with Crippen LogP contribution in [0.4, 0.5) is 13.2 Å². The SMILES string of the molecule is Oc1c2c(c(O)n1-c1cccc(C(F)(F)F)c1)[C@@H]1C[C@H]2C[C@H]1S. The minimum Gasteiger partial charge on any atom is -0.494 e. The van der Waals surface area contributed by atoms with Crippen molar-refractivity contribution in [3.8, 4) is 17.4 Å². The zero-order chi connectivity index (χ0) is 16.5. The van der Waals surface area contributed by atoms with Crippen LogP contribution in [0.1, 0.15) is 41.4 Å². The maximum atomic E-state index is 12.9. The van der Waals surface area contributed by atoms with E-state index in [-0.39, 0.29) is 34.5 Å². The molecule has 2 aliphatic rings. The molecule has 2 aromatic rings. The summed E-state index contributed by atoms with van der Waals surface area (Å²) in [6.45, 7) is 0. The van der Waals surface area contributed by atoms with E-state index >= 15 is 0 Å². The fourth-order valence-electron chi connectivity index (χ4n) is 3.98. The molecule has 1 aromatic heterocycles. The second-order valence-electron chi connectivity index (χ2n) is 6.20. The van der Waals surface area contributed by atoms with Crippen LogP contribution in [0.3, 0.4) is 0 Å². The highest BCUT2D eigenvalue weighted by Gasteiger charge is 2.48. The molecule has 4 rings (SSSR count). The lowest BCUT2D eigenvalue weighted by Crippen LogP contribution is -2.08. The molecule has 1 fully saturated rings. The Hall–Kier alpha value is -1.76. The first kappa shape index (κ1) is 14.8. The third-order valence-corrected chi connectivity index (χ3v) is 5.51. The van der Waals surface area contributed by atoms with E-state index in [4.69, 9.17) is 0 Å². The number of thiol groups is 1. The summed E-state index contributed by atoms with van der Waals surface area (Å²) >= 11 is 4.50. The largest absolute Gasteiger partial charge is 0.494 e. The van der Waals surface area contributed by atoms with Crippen molar-refractivity contribution in [1.29, 1.82) is 0 Å². The summed E-state index contributed by atoms with van der Waals surface area (Å²) < 4.78 is 39.8. The molecule has 122 valence electrons. The van der Waals surface area contributed by atoms with Crippen molar-refractivity contribution in [3.63, 3.8) is 0 Å². The molecule has 3 atom stereocenters. The lowest BCUT2D eigenvalue weighted by atomic mass is 9.94. The standard InChI is InChI=1S/C16H14F3NO2S/c17-16(18,19)8-2-1-3-9(6-8)20-14(21)12-7-4-10(11(23)5-7)13(12)15(20)22/h1-3,6-7,10-11,21-23H,4-5H2/t7-,10+,11+/m0/s1. The van der Waals surface area contributed by atoms with Gasteiger partial charge < -0.3 is 10.2 Å². The van der Waals surface area contributed by atoms with Gasteiger partial charge in [-0.05, 0) is 37.0 Å². The van der Waals surface area contributed by atoms with Crippen LogP contribution in [-0.4, -0.2) is 20.0 Å². The molecule has 0 amide bonds. The van der Waals surface area contributed by atoms with Gasteiger partial charge in [0.2, 0.25) is 11.8 Å². The van der Waals surface area contributed by atoms with Gasteiger partial charge in [0.25, 0.3) is 0 Å². The van der Waals surface area contributed by atoms with Crippen molar-refractivity contribution in [2.45, 2.75) is 36.1 Å². The summed E-state index contributed by atoms with van der Waals surface area (Å²) in [6.07, 6.45) is -2.85. The number of hydrogen-bond acceptors (Lipinski definition) is 3. The number of alkyl halides is 3. The Labute approximate surface area is 135 Å². The molecule has 2 aliphatic carbocycles. The average Bonchev–Trinajstić information content (AvgIpc) is 3.10. The predicted molar refractivity (Wildman–Crippen MR) is 81.6 cm³/mol. The van der Waals surface area contributed by atoms with E-state index in [1.165, 1.54) is 12.1 Å². The number of rotatable bonds is 1. The van der Waals surface area contributed by atoms with Crippen molar-refractivity contribution in [2.75, 3.05) is 0 Å². The number of aromatic hydroxyl groups is 2. The molecule has 7 heteroatoms. The molecule has 1 heterocycles. The smallest absolute Gasteiger partial charge is 0.416 e. The van der Waals surface area contributed by atoms with Gasteiger partial charge in [-0.1, -0.05) is 6.07 Å². The zero-order valence-electron chi connectivity index (χ0n) is 11.9. The lowest BCUT2D eigenvalue weighted by Gasteiger charge is -2.16. The van der Waals surface area contributed by atoms with Gasteiger partial charge in [0.15, 0.2) is 0 Å². The third-order valence-electron chi connectivity index (χ3n) is 4.94. The Bertz CT molecular complexity index is 799. The molecule has 3 nitrogen and oxygen atoms in total. The van der Waals surface area contributed by atoms with Crippen LogP contribution >= 0.6 is 12.6 Å². The Morgan fingerprint density at radius 3 is 2.48 bits per heavy atom. The summed E-state index contributed by atoms with van der Waals surface area (Å²) in [5.74, 6) is -0.195. The number of nitrogens with zero attached hydrogens (tertiary/aromatic N) is 1. The summed E-state index contributed by atoms with van der Waals surface area (Å²) in [6, 6.07) is 4.58. The molecule has 0 saturated heterocycles. The fourth-order valence-corrected chi connectivity index (χ4v) is 4.50. The first-order valence-electron chi connectivity index (χ1n) is 7.31. The maximum absolute atomic E-state index is 12.9. The highest BCUT2D eigenvalue weighted by molar-refractivity contribution is 7.81. The molecule has 0 radical (unpaired) electrons. The van der Waals surface area contributed by atoms with Crippen molar-refractivity contribution >= 4 is 12.6 Å². The van der Waals surface area contributed by atoms with Crippen LogP contribution in [0.2, 0.25) is 0 Å². The highest BCUT2D eigenvalue weighted by atomic mass is 32.1. The number of fused-ring (bicyclic) bond motifs is 5. The molecule has 2 bridgehead atoms. The molecule has 1 aromatic carbocycles. The highest BCUT2D eigenvalue weighted by Crippen LogP contribution is 2.61. The molecular weight excluding hydrogens is 327 g/mol. The quantitative estimate of drug-likeness (QED) is 0.682. The third kappa shape index (κ3) is 1.99. The Morgan fingerprint density at radius 1 is 1.09 bits per heavy atom. The number of hydrogen-bond donors (Lipinski definition) is 3. The second-order valence-corrected chi connectivity index (χ2v) is 6.86.